The van der Waals surface area contributed by atoms with E-state index in [9.17, 15) is 9.63 Å². The molecule has 0 aliphatic carbocycles. The lowest BCUT2D eigenvalue weighted by molar-refractivity contribution is -0.00540. The van der Waals surface area contributed by atoms with Crippen LogP contribution >= 0.6 is 0 Å². The van der Waals surface area contributed by atoms with Crippen LogP contribution in [-0.4, -0.2) is 11.3 Å². The second-order valence-corrected chi connectivity index (χ2v) is 3.36. The maximum absolute atomic E-state index is 12.2. The van der Waals surface area contributed by atoms with Crippen LogP contribution in [0.3, 0.4) is 0 Å². The first-order chi connectivity index (χ1) is 8.31. The van der Waals surface area contributed by atoms with Gasteiger partial charge in [-0.2, -0.15) is 0 Å². The number of para-hydroxylation sites is 3. The Labute approximate surface area is 97.7 Å². The molecule has 0 unspecified atom stereocenters. The summed E-state index contributed by atoms with van der Waals surface area (Å²) in [6.07, 6.45) is 1.45. The van der Waals surface area contributed by atoms with E-state index in [4.69, 9.17) is 0 Å². The van der Waals surface area contributed by atoms with Crippen molar-refractivity contribution in [3.05, 3.63) is 54.1 Å². The van der Waals surface area contributed by atoms with E-state index >= 15 is 0 Å². The van der Waals surface area contributed by atoms with Crippen molar-refractivity contribution in [2.45, 2.75) is 0 Å². The predicted molar refractivity (Wildman–Crippen MR) is 63.5 cm³/mol. The Bertz CT molecular complexity index is 540. The molecule has 0 heterocycles. The minimum absolute atomic E-state index is 0.0409. The zero-order chi connectivity index (χ0) is 12.1. The SMILES string of the molecule is Oc1ccccc1C=Nc1ccccc1OF. The molecule has 0 aliphatic rings. The van der Waals surface area contributed by atoms with Crippen LogP contribution in [0.5, 0.6) is 11.5 Å². The molecule has 0 aliphatic heterocycles. The van der Waals surface area contributed by atoms with E-state index in [1.54, 1.807) is 42.5 Å². The molecule has 1 N–H and O–H groups in total. The van der Waals surface area contributed by atoms with Crippen molar-refractivity contribution >= 4 is 11.9 Å². The summed E-state index contributed by atoms with van der Waals surface area (Å²) in [4.78, 5) is 7.75. The molecule has 0 spiro atoms. The second-order valence-electron chi connectivity index (χ2n) is 3.36. The zero-order valence-corrected chi connectivity index (χ0v) is 8.88. The zero-order valence-electron chi connectivity index (χ0n) is 8.88. The van der Waals surface area contributed by atoms with Gasteiger partial charge < -0.3 is 5.11 Å². The third-order valence-corrected chi connectivity index (χ3v) is 2.23. The summed E-state index contributed by atoms with van der Waals surface area (Å²) in [5, 5.41) is 9.52. The monoisotopic (exact) mass is 231 g/mol. The molecule has 4 heteroatoms. The van der Waals surface area contributed by atoms with Crippen molar-refractivity contribution < 1.29 is 14.6 Å². The fourth-order valence-corrected chi connectivity index (χ4v) is 1.36. The Balaban J connectivity index is 2.29. The number of benzene rings is 2. The first-order valence-corrected chi connectivity index (χ1v) is 5.01. The van der Waals surface area contributed by atoms with E-state index in [-0.39, 0.29) is 11.5 Å². The van der Waals surface area contributed by atoms with E-state index in [1.165, 1.54) is 12.3 Å². The summed E-state index contributed by atoms with van der Waals surface area (Å²) >= 11 is 0. The van der Waals surface area contributed by atoms with E-state index < -0.39 is 0 Å². The lowest BCUT2D eigenvalue weighted by atomic mass is 10.2. The maximum Gasteiger partial charge on any atom is 0.197 e. The molecule has 0 saturated carbocycles. The molecule has 0 saturated heterocycles. The fourth-order valence-electron chi connectivity index (χ4n) is 1.36. The Morgan fingerprint density at radius 2 is 1.76 bits per heavy atom. The minimum atomic E-state index is 0.0409. The van der Waals surface area contributed by atoms with Gasteiger partial charge >= 0.3 is 0 Å². The van der Waals surface area contributed by atoms with Crippen molar-refractivity contribution in [3.63, 3.8) is 0 Å². The second kappa shape index (κ2) is 5.12. The molecule has 0 bridgehead atoms. The molecule has 2 aromatic carbocycles. The number of nitrogens with zero attached hydrogens (tertiary/aromatic N) is 1. The number of phenolic OH excluding ortho intramolecular Hbond substituents is 1. The van der Waals surface area contributed by atoms with Crippen LogP contribution in [0.25, 0.3) is 0 Å². The molecule has 0 amide bonds. The van der Waals surface area contributed by atoms with Gasteiger partial charge in [-0.15, -0.1) is 0 Å². The molecule has 0 atom stereocenters. The van der Waals surface area contributed by atoms with E-state index in [1.807, 2.05) is 0 Å². The third-order valence-electron chi connectivity index (χ3n) is 2.23. The smallest absolute Gasteiger partial charge is 0.197 e. The standard InChI is InChI=1S/C13H10FNO2/c14-17-13-8-4-2-6-11(13)15-9-10-5-1-3-7-12(10)16/h1-9,16H. The van der Waals surface area contributed by atoms with Crippen LogP contribution in [0.15, 0.2) is 53.5 Å². The molecular weight excluding hydrogens is 221 g/mol. The largest absolute Gasteiger partial charge is 0.507 e. The van der Waals surface area contributed by atoms with Gasteiger partial charge in [0.1, 0.15) is 11.4 Å². The average molecular weight is 231 g/mol. The Morgan fingerprint density at radius 3 is 2.53 bits per heavy atom. The molecule has 86 valence electrons. The Morgan fingerprint density at radius 1 is 1.06 bits per heavy atom. The minimum Gasteiger partial charge on any atom is -0.507 e. The van der Waals surface area contributed by atoms with Crippen LogP contribution in [0.1, 0.15) is 5.56 Å². The van der Waals surface area contributed by atoms with E-state index in [0.717, 1.165) is 0 Å². The molecule has 17 heavy (non-hydrogen) atoms. The van der Waals surface area contributed by atoms with Gasteiger partial charge in [0.15, 0.2) is 5.75 Å². The normalized spacial score (nSPS) is 10.6. The van der Waals surface area contributed by atoms with Gasteiger partial charge in [0, 0.05) is 16.3 Å². The number of phenols is 1. The Hall–Kier alpha value is -2.36. The van der Waals surface area contributed by atoms with Gasteiger partial charge in [-0.1, -0.05) is 24.3 Å². The first kappa shape index (κ1) is 11.1. The molecule has 2 rings (SSSR count). The van der Waals surface area contributed by atoms with Crippen molar-refractivity contribution in [3.8, 4) is 11.5 Å². The fraction of sp³-hybridized carbons (Fsp3) is 0. The molecule has 0 fully saturated rings. The van der Waals surface area contributed by atoms with Crippen LogP contribution in [0, 0.1) is 0 Å². The summed E-state index contributed by atoms with van der Waals surface area (Å²) in [7, 11) is 0. The van der Waals surface area contributed by atoms with Crippen LogP contribution in [0.2, 0.25) is 0 Å². The first-order valence-electron chi connectivity index (χ1n) is 5.01. The van der Waals surface area contributed by atoms with Gasteiger partial charge in [-0.25, -0.2) is 0 Å². The molecule has 0 radical (unpaired) electrons. The van der Waals surface area contributed by atoms with Crippen molar-refractivity contribution in [2.75, 3.05) is 0 Å². The molecule has 2 aromatic rings. The topological polar surface area (TPSA) is 41.8 Å². The highest BCUT2D eigenvalue weighted by Gasteiger charge is 2.01. The van der Waals surface area contributed by atoms with Gasteiger partial charge in [0.05, 0.1) is 0 Å². The summed E-state index contributed by atoms with van der Waals surface area (Å²) in [6.45, 7) is 0. The predicted octanol–water partition coefficient (Wildman–Crippen LogP) is 3.41. The number of aliphatic imine (C=N–C) groups is 1. The number of halogens is 1. The van der Waals surface area contributed by atoms with Gasteiger partial charge in [-0.3, -0.25) is 9.93 Å². The van der Waals surface area contributed by atoms with E-state index in [0.29, 0.717) is 11.3 Å². The lowest BCUT2D eigenvalue weighted by Gasteiger charge is -1.99. The third kappa shape index (κ3) is 2.60. The quantitative estimate of drug-likeness (QED) is 0.822. The highest BCUT2D eigenvalue weighted by Crippen LogP contribution is 2.27. The maximum atomic E-state index is 12.2. The number of hydrogen-bond acceptors (Lipinski definition) is 3. The number of hydrogen-bond donors (Lipinski definition) is 1. The lowest BCUT2D eigenvalue weighted by Crippen LogP contribution is -1.82. The summed E-state index contributed by atoms with van der Waals surface area (Å²) in [5.74, 6) is 0.161. The molecule has 3 nitrogen and oxygen atoms in total. The van der Waals surface area contributed by atoms with Gasteiger partial charge in [-0.05, 0) is 24.3 Å². The van der Waals surface area contributed by atoms with Crippen molar-refractivity contribution in [2.24, 2.45) is 4.99 Å². The highest BCUT2D eigenvalue weighted by molar-refractivity contribution is 5.85. The van der Waals surface area contributed by atoms with Crippen LogP contribution < -0.4 is 4.94 Å². The number of aromatic hydroxyl groups is 1. The van der Waals surface area contributed by atoms with Crippen molar-refractivity contribution in [1.29, 1.82) is 0 Å². The average Bonchev–Trinajstić information content (AvgIpc) is 2.38. The highest BCUT2D eigenvalue weighted by atomic mass is 19.3. The molecule has 0 aromatic heterocycles. The van der Waals surface area contributed by atoms with Crippen LogP contribution in [0.4, 0.5) is 10.2 Å². The van der Waals surface area contributed by atoms with Gasteiger partial charge in [0.25, 0.3) is 0 Å². The summed E-state index contributed by atoms with van der Waals surface area (Å²) in [6, 6.07) is 13.2. The van der Waals surface area contributed by atoms with E-state index in [2.05, 4.69) is 9.93 Å². The summed E-state index contributed by atoms with van der Waals surface area (Å²) < 4.78 is 12.2. The Kier molecular flexibility index (Phi) is 3.35. The van der Waals surface area contributed by atoms with Gasteiger partial charge in [0.2, 0.25) is 0 Å². The summed E-state index contributed by atoms with van der Waals surface area (Å²) in [5.41, 5.74) is 0.916. The molecular formula is C13H10FNO2. The van der Waals surface area contributed by atoms with Crippen LogP contribution in [-0.2, 0) is 0 Å². The van der Waals surface area contributed by atoms with Crippen molar-refractivity contribution in [1.82, 2.24) is 0 Å². The number of rotatable bonds is 3.